The molecule has 0 spiro atoms. The van der Waals surface area contributed by atoms with Gasteiger partial charge in [0.15, 0.2) is 13.6 Å². The lowest BCUT2D eigenvalue weighted by Gasteiger charge is -2.25. The monoisotopic (exact) mass is 698 g/mol. The van der Waals surface area contributed by atoms with E-state index < -0.39 is 0 Å². The maximum absolute atomic E-state index is 6.70. The smallest absolute Gasteiger partial charge is 0.188 e. The average molecular weight is 699 g/mol. The third-order valence-electron chi connectivity index (χ3n) is 9.15. The highest BCUT2D eigenvalue weighted by atomic mass is 16.7. The van der Waals surface area contributed by atoms with Crippen LogP contribution in [0.5, 0.6) is 23.0 Å². The van der Waals surface area contributed by atoms with Gasteiger partial charge in [-0.2, -0.15) is 0 Å². The second kappa shape index (κ2) is 15.7. The molecule has 0 aromatic heterocycles. The number of hydrogen-bond donors (Lipinski definition) is 0. The summed E-state index contributed by atoms with van der Waals surface area (Å²) in [4.78, 5) is 0. The Labute approximate surface area is 308 Å². The molecule has 0 aliphatic carbocycles. The SMILES string of the molecule is COCOc1c(-c2cc(C)c(OC(C)C)c(C)c2)cc2ccccc2c1-c1c(OCOC)c(-c2cc(C)c(OC(C)C)c(C)c2)cc2ccccc12. The van der Waals surface area contributed by atoms with Gasteiger partial charge in [0.2, 0.25) is 0 Å². The third kappa shape index (κ3) is 7.32. The molecule has 0 fully saturated rings. The highest BCUT2D eigenvalue weighted by molar-refractivity contribution is 6.14. The Kier molecular flexibility index (Phi) is 11.1. The van der Waals surface area contributed by atoms with E-state index in [4.69, 9.17) is 28.4 Å². The minimum absolute atomic E-state index is 0.0619. The molecule has 6 aromatic rings. The normalized spacial score (nSPS) is 11.5. The molecule has 0 amide bonds. The van der Waals surface area contributed by atoms with Crippen LogP contribution < -0.4 is 18.9 Å². The predicted molar refractivity (Wildman–Crippen MR) is 213 cm³/mol. The van der Waals surface area contributed by atoms with Gasteiger partial charge < -0.3 is 28.4 Å². The van der Waals surface area contributed by atoms with Gasteiger partial charge in [0.1, 0.15) is 23.0 Å². The first-order chi connectivity index (χ1) is 25.0. The molecule has 0 aliphatic rings. The summed E-state index contributed by atoms with van der Waals surface area (Å²) < 4.78 is 37.0. The van der Waals surface area contributed by atoms with Crippen LogP contribution in [0.4, 0.5) is 0 Å². The summed E-state index contributed by atoms with van der Waals surface area (Å²) >= 11 is 0. The topological polar surface area (TPSA) is 55.4 Å². The highest BCUT2D eigenvalue weighted by Gasteiger charge is 2.27. The Bertz CT molecular complexity index is 2030. The van der Waals surface area contributed by atoms with Crippen molar-refractivity contribution in [1.29, 1.82) is 0 Å². The van der Waals surface area contributed by atoms with Crippen LogP contribution >= 0.6 is 0 Å². The van der Waals surface area contributed by atoms with Gasteiger partial charge in [0, 0.05) is 36.5 Å². The lowest BCUT2D eigenvalue weighted by atomic mass is 9.85. The first-order valence-electron chi connectivity index (χ1n) is 17.9. The molecule has 270 valence electrons. The Morgan fingerprint density at radius 3 is 1.13 bits per heavy atom. The van der Waals surface area contributed by atoms with Crippen molar-refractivity contribution in [2.24, 2.45) is 0 Å². The van der Waals surface area contributed by atoms with Gasteiger partial charge in [-0.1, -0.05) is 48.5 Å². The minimum Gasteiger partial charge on any atom is -0.490 e. The van der Waals surface area contributed by atoms with Gasteiger partial charge in [0.05, 0.1) is 12.2 Å². The van der Waals surface area contributed by atoms with Gasteiger partial charge >= 0.3 is 0 Å². The van der Waals surface area contributed by atoms with Gasteiger partial charge in [-0.25, -0.2) is 0 Å². The summed E-state index contributed by atoms with van der Waals surface area (Å²) in [6.07, 6.45) is 0.127. The minimum atomic E-state index is 0.0619. The maximum Gasteiger partial charge on any atom is 0.188 e. The Morgan fingerprint density at radius 2 is 0.808 bits per heavy atom. The number of ether oxygens (including phenoxy) is 6. The first-order valence-corrected chi connectivity index (χ1v) is 17.9. The van der Waals surface area contributed by atoms with E-state index in [1.54, 1.807) is 14.2 Å². The summed E-state index contributed by atoms with van der Waals surface area (Å²) in [5, 5.41) is 4.21. The van der Waals surface area contributed by atoms with Gasteiger partial charge in [-0.15, -0.1) is 0 Å². The number of fused-ring (bicyclic) bond motifs is 2. The molecule has 0 bridgehead atoms. The molecule has 0 saturated heterocycles. The standard InChI is InChI=1S/C46H50O6/c1-27(2)51-43-29(5)19-35(20-30(43)6)39-23-33-15-11-13-17-37(33)41(45(39)49-25-47-9)42-38-18-14-12-16-34(38)24-40(46(42)50-26-48-10)36-21-31(7)44(32(8)22-36)52-28(3)4/h11-24,27-28H,25-26H2,1-10H3. The second-order valence-corrected chi connectivity index (χ2v) is 14.0. The van der Waals surface area contributed by atoms with E-state index >= 15 is 0 Å². The molecule has 0 atom stereocenters. The van der Waals surface area contributed by atoms with Crippen LogP contribution in [0.25, 0.3) is 54.9 Å². The van der Waals surface area contributed by atoms with Crippen LogP contribution in [-0.2, 0) is 9.47 Å². The fraction of sp³-hybridized carbons (Fsp3) is 0.304. The van der Waals surface area contributed by atoms with Crippen LogP contribution in [0.1, 0.15) is 49.9 Å². The molecule has 0 heterocycles. The Hall–Kier alpha value is -5.04. The van der Waals surface area contributed by atoms with E-state index in [1.165, 1.54) is 0 Å². The summed E-state index contributed by atoms with van der Waals surface area (Å²) in [5.41, 5.74) is 10.0. The van der Waals surface area contributed by atoms with E-state index in [-0.39, 0.29) is 25.8 Å². The van der Waals surface area contributed by atoms with Crippen molar-refractivity contribution in [3.63, 3.8) is 0 Å². The fourth-order valence-electron chi connectivity index (χ4n) is 7.17. The Morgan fingerprint density at radius 1 is 0.462 bits per heavy atom. The fourth-order valence-corrected chi connectivity index (χ4v) is 7.17. The second-order valence-electron chi connectivity index (χ2n) is 14.0. The predicted octanol–water partition coefficient (Wildman–Crippen LogP) is 11.8. The molecule has 52 heavy (non-hydrogen) atoms. The highest BCUT2D eigenvalue weighted by Crippen LogP contribution is 2.53. The molecular formula is C46H50O6. The van der Waals surface area contributed by atoms with Crippen molar-refractivity contribution in [1.82, 2.24) is 0 Å². The van der Waals surface area contributed by atoms with Crippen molar-refractivity contribution >= 4 is 21.5 Å². The van der Waals surface area contributed by atoms with Gasteiger partial charge in [-0.3, -0.25) is 0 Å². The van der Waals surface area contributed by atoms with Crippen LogP contribution in [0, 0.1) is 27.7 Å². The molecule has 0 radical (unpaired) electrons. The largest absolute Gasteiger partial charge is 0.490 e. The molecule has 6 nitrogen and oxygen atoms in total. The number of rotatable bonds is 13. The van der Waals surface area contributed by atoms with Crippen LogP contribution in [-0.4, -0.2) is 40.0 Å². The molecule has 0 N–H and O–H groups in total. The molecule has 6 aromatic carbocycles. The number of hydrogen-bond acceptors (Lipinski definition) is 6. The molecule has 0 saturated carbocycles. The van der Waals surface area contributed by atoms with E-state index in [1.807, 2.05) is 0 Å². The zero-order valence-electron chi connectivity index (χ0n) is 32.1. The summed E-state index contributed by atoms with van der Waals surface area (Å²) in [7, 11) is 3.29. The molecule has 6 rings (SSSR count). The summed E-state index contributed by atoms with van der Waals surface area (Å²) in [5.74, 6) is 3.22. The molecule has 6 heteroatoms. The quantitative estimate of drug-likeness (QED) is 0.112. The Balaban J connectivity index is 1.75. The number of benzene rings is 6. The summed E-state index contributed by atoms with van der Waals surface area (Å²) in [6.45, 7) is 16.7. The van der Waals surface area contributed by atoms with Crippen molar-refractivity contribution in [2.45, 2.75) is 67.6 Å². The van der Waals surface area contributed by atoms with Crippen molar-refractivity contribution < 1.29 is 28.4 Å². The molecular weight excluding hydrogens is 648 g/mol. The number of methoxy groups -OCH3 is 2. The van der Waals surface area contributed by atoms with Crippen molar-refractivity contribution in [3.05, 3.63) is 107 Å². The van der Waals surface area contributed by atoms with Crippen molar-refractivity contribution in [2.75, 3.05) is 27.8 Å². The molecule has 0 unspecified atom stereocenters. The van der Waals surface area contributed by atoms with E-state index in [2.05, 4.69) is 140 Å². The lowest BCUT2D eigenvalue weighted by molar-refractivity contribution is 0.0506. The first kappa shape index (κ1) is 36.7. The van der Waals surface area contributed by atoms with Crippen molar-refractivity contribution in [3.8, 4) is 56.4 Å². The van der Waals surface area contributed by atoms with E-state index in [0.717, 1.165) is 88.7 Å². The van der Waals surface area contributed by atoms with Gasteiger partial charge in [0.25, 0.3) is 0 Å². The molecule has 0 aliphatic heterocycles. The van der Waals surface area contributed by atoms with Gasteiger partial charge in [-0.05, 0) is 147 Å². The van der Waals surface area contributed by atoms with E-state index in [9.17, 15) is 0 Å². The van der Waals surface area contributed by atoms with Crippen LogP contribution in [0.15, 0.2) is 84.9 Å². The van der Waals surface area contributed by atoms with E-state index in [0.29, 0.717) is 11.5 Å². The zero-order valence-corrected chi connectivity index (χ0v) is 32.1. The maximum atomic E-state index is 6.70. The van der Waals surface area contributed by atoms with Crippen LogP contribution in [0.2, 0.25) is 0 Å². The van der Waals surface area contributed by atoms with Crippen LogP contribution in [0.3, 0.4) is 0 Å². The summed E-state index contributed by atoms with van der Waals surface area (Å²) in [6, 6.07) is 30.0. The third-order valence-corrected chi connectivity index (χ3v) is 9.15. The lowest BCUT2D eigenvalue weighted by Crippen LogP contribution is -2.09. The number of aryl methyl sites for hydroxylation is 4. The average Bonchev–Trinajstić information content (AvgIpc) is 3.11. The zero-order chi connectivity index (χ0) is 37.1.